The zero-order valence-electron chi connectivity index (χ0n) is 14.0. The lowest BCUT2D eigenvalue weighted by molar-refractivity contribution is 0.0936. The van der Waals surface area contributed by atoms with E-state index in [0.29, 0.717) is 16.3 Å². The number of hydrogen-bond acceptors (Lipinski definition) is 3. The lowest BCUT2D eigenvalue weighted by atomic mass is 10.1. The molecule has 25 heavy (non-hydrogen) atoms. The monoisotopic (exact) mass is 378 g/mol. The number of benzene rings is 2. The highest BCUT2D eigenvalue weighted by Gasteiger charge is 2.24. The van der Waals surface area contributed by atoms with Crippen molar-refractivity contribution >= 4 is 33.2 Å². The lowest BCUT2D eigenvalue weighted by Crippen LogP contribution is -2.27. The summed E-state index contributed by atoms with van der Waals surface area (Å²) in [7, 11) is -1.85. The standard InChI is InChI=1S/C18H19ClN2O3S/c1-21(25(2,23)24)15-7-3-12(4-8-15)18(22)20-17-10-5-13-11-14(19)6-9-16(13)17/h3-4,6-9,11,17H,5,10H2,1-2H3,(H,20,22)/t17-/m1/s1. The summed E-state index contributed by atoms with van der Waals surface area (Å²) in [4.78, 5) is 12.5. The Morgan fingerprint density at radius 1 is 1.20 bits per heavy atom. The van der Waals surface area contributed by atoms with Gasteiger partial charge in [-0.25, -0.2) is 8.42 Å². The van der Waals surface area contributed by atoms with Gasteiger partial charge in [0, 0.05) is 17.6 Å². The zero-order chi connectivity index (χ0) is 18.2. The Kier molecular flexibility index (Phi) is 4.75. The predicted octanol–water partition coefficient (Wildman–Crippen LogP) is 3.15. The number of fused-ring (bicyclic) bond motifs is 1. The van der Waals surface area contributed by atoms with Crippen molar-refractivity contribution in [1.82, 2.24) is 5.32 Å². The van der Waals surface area contributed by atoms with Crippen LogP contribution in [0.1, 0.15) is 33.9 Å². The fourth-order valence-electron chi connectivity index (χ4n) is 2.99. The molecule has 0 bridgehead atoms. The van der Waals surface area contributed by atoms with Gasteiger partial charge in [-0.3, -0.25) is 9.10 Å². The van der Waals surface area contributed by atoms with E-state index in [1.54, 1.807) is 24.3 Å². The van der Waals surface area contributed by atoms with Gasteiger partial charge in [0.25, 0.3) is 5.91 Å². The number of sulfonamides is 1. The van der Waals surface area contributed by atoms with Crippen molar-refractivity contribution in [2.24, 2.45) is 0 Å². The first-order chi connectivity index (χ1) is 11.8. The second-order valence-electron chi connectivity index (χ2n) is 6.19. The average Bonchev–Trinajstić information content (AvgIpc) is 2.95. The molecule has 7 heteroatoms. The Morgan fingerprint density at radius 3 is 2.52 bits per heavy atom. The third kappa shape index (κ3) is 3.80. The average molecular weight is 379 g/mol. The van der Waals surface area contributed by atoms with E-state index in [0.717, 1.165) is 24.7 Å². The van der Waals surface area contributed by atoms with Crippen LogP contribution in [0.5, 0.6) is 0 Å². The zero-order valence-corrected chi connectivity index (χ0v) is 15.6. The number of carbonyl (C=O) groups is 1. The molecular weight excluding hydrogens is 360 g/mol. The van der Waals surface area contributed by atoms with E-state index in [1.165, 1.54) is 16.9 Å². The first-order valence-corrected chi connectivity index (χ1v) is 10.1. The number of rotatable bonds is 4. The fourth-order valence-corrected chi connectivity index (χ4v) is 3.69. The predicted molar refractivity (Wildman–Crippen MR) is 99.7 cm³/mol. The maximum Gasteiger partial charge on any atom is 0.251 e. The number of nitrogens with one attached hydrogen (secondary N) is 1. The van der Waals surface area contributed by atoms with Gasteiger partial charge in [0.1, 0.15) is 0 Å². The van der Waals surface area contributed by atoms with Crippen LogP contribution in [0.2, 0.25) is 5.02 Å². The molecule has 1 N–H and O–H groups in total. The summed E-state index contributed by atoms with van der Waals surface area (Å²) < 4.78 is 24.3. The van der Waals surface area contributed by atoms with Crippen molar-refractivity contribution in [2.45, 2.75) is 18.9 Å². The Bertz CT molecular complexity index is 910. The number of anilines is 1. The van der Waals surface area contributed by atoms with Crippen LogP contribution in [-0.2, 0) is 16.4 Å². The lowest BCUT2D eigenvalue weighted by Gasteiger charge is -2.17. The van der Waals surface area contributed by atoms with E-state index in [-0.39, 0.29) is 11.9 Å². The smallest absolute Gasteiger partial charge is 0.251 e. The Morgan fingerprint density at radius 2 is 1.88 bits per heavy atom. The largest absolute Gasteiger partial charge is 0.345 e. The Balaban J connectivity index is 1.73. The summed E-state index contributed by atoms with van der Waals surface area (Å²) in [6, 6.07) is 12.2. The van der Waals surface area contributed by atoms with Crippen molar-refractivity contribution in [3.63, 3.8) is 0 Å². The molecule has 0 saturated carbocycles. The topological polar surface area (TPSA) is 66.5 Å². The molecule has 5 nitrogen and oxygen atoms in total. The van der Waals surface area contributed by atoms with Gasteiger partial charge in [0.05, 0.1) is 18.0 Å². The second kappa shape index (κ2) is 6.69. The van der Waals surface area contributed by atoms with Gasteiger partial charge in [-0.05, 0) is 60.4 Å². The molecular formula is C18H19ClN2O3S. The minimum atomic E-state index is -3.32. The van der Waals surface area contributed by atoms with Crippen LogP contribution in [0.25, 0.3) is 0 Å². The SMILES string of the molecule is CN(c1ccc(C(=O)N[C@@H]2CCc3cc(Cl)ccc32)cc1)S(C)(=O)=O. The first kappa shape index (κ1) is 17.8. The number of carbonyl (C=O) groups excluding carboxylic acids is 1. The molecule has 0 radical (unpaired) electrons. The number of hydrogen-bond donors (Lipinski definition) is 1. The van der Waals surface area contributed by atoms with Gasteiger partial charge < -0.3 is 5.32 Å². The molecule has 2 aromatic rings. The molecule has 1 amide bonds. The Hall–Kier alpha value is -2.05. The Labute approximate surface area is 152 Å². The van der Waals surface area contributed by atoms with Gasteiger partial charge in [-0.1, -0.05) is 17.7 Å². The molecule has 0 spiro atoms. The van der Waals surface area contributed by atoms with Crippen LogP contribution in [0, 0.1) is 0 Å². The van der Waals surface area contributed by atoms with Crippen LogP contribution < -0.4 is 9.62 Å². The molecule has 0 unspecified atom stereocenters. The van der Waals surface area contributed by atoms with Crippen LogP contribution in [0.15, 0.2) is 42.5 Å². The molecule has 0 heterocycles. The molecule has 0 fully saturated rings. The molecule has 1 atom stereocenters. The van der Waals surface area contributed by atoms with E-state index in [4.69, 9.17) is 11.6 Å². The third-order valence-electron chi connectivity index (χ3n) is 4.48. The summed E-state index contributed by atoms with van der Waals surface area (Å²) in [6.07, 6.45) is 2.87. The minimum absolute atomic E-state index is 0.0295. The molecule has 0 aliphatic heterocycles. The molecule has 1 aliphatic rings. The fraction of sp³-hybridized carbons (Fsp3) is 0.278. The van der Waals surface area contributed by atoms with Crippen LogP contribution in [0.3, 0.4) is 0 Å². The van der Waals surface area contributed by atoms with E-state index >= 15 is 0 Å². The molecule has 2 aromatic carbocycles. The normalized spacial score (nSPS) is 16.4. The highest BCUT2D eigenvalue weighted by molar-refractivity contribution is 7.92. The minimum Gasteiger partial charge on any atom is -0.345 e. The van der Waals surface area contributed by atoms with E-state index in [2.05, 4.69) is 5.32 Å². The van der Waals surface area contributed by atoms with Crippen LogP contribution in [0.4, 0.5) is 5.69 Å². The number of halogens is 1. The quantitative estimate of drug-likeness (QED) is 0.888. The van der Waals surface area contributed by atoms with Gasteiger partial charge in [0.15, 0.2) is 0 Å². The maximum atomic E-state index is 12.5. The highest BCUT2D eigenvalue weighted by Crippen LogP contribution is 2.33. The van der Waals surface area contributed by atoms with Gasteiger partial charge in [-0.15, -0.1) is 0 Å². The second-order valence-corrected chi connectivity index (χ2v) is 8.64. The molecule has 0 saturated heterocycles. The molecule has 0 aromatic heterocycles. The van der Waals surface area contributed by atoms with Crippen molar-refractivity contribution in [2.75, 3.05) is 17.6 Å². The summed E-state index contributed by atoms with van der Waals surface area (Å²) in [5, 5.41) is 3.74. The van der Waals surface area contributed by atoms with E-state index in [9.17, 15) is 13.2 Å². The highest BCUT2D eigenvalue weighted by atomic mass is 35.5. The summed E-state index contributed by atoms with van der Waals surface area (Å²) >= 11 is 6.01. The van der Waals surface area contributed by atoms with Gasteiger partial charge in [0.2, 0.25) is 10.0 Å². The van der Waals surface area contributed by atoms with E-state index in [1.807, 2.05) is 18.2 Å². The number of nitrogens with zero attached hydrogens (tertiary/aromatic N) is 1. The molecule has 1 aliphatic carbocycles. The van der Waals surface area contributed by atoms with Crippen molar-refractivity contribution in [3.8, 4) is 0 Å². The first-order valence-electron chi connectivity index (χ1n) is 7.89. The number of aryl methyl sites for hydroxylation is 1. The summed E-state index contributed by atoms with van der Waals surface area (Å²) in [5.74, 6) is -0.179. The van der Waals surface area contributed by atoms with Crippen molar-refractivity contribution < 1.29 is 13.2 Å². The molecule has 3 rings (SSSR count). The van der Waals surface area contributed by atoms with Crippen molar-refractivity contribution in [3.05, 3.63) is 64.2 Å². The van der Waals surface area contributed by atoms with Crippen LogP contribution in [-0.4, -0.2) is 27.6 Å². The molecule has 132 valence electrons. The maximum absolute atomic E-state index is 12.5. The summed E-state index contributed by atoms with van der Waals surface area (Å²) in [6.45, 7) is 0. The van der Waals surface area contributed by atoms with E-state index < -0.39 is 10.0 Å². The van der Waals surface area contributed by atoms with Crippen LogP contribution >= 0.6 is 11.6 Å². The summed E-state index contributed by atoms with van der Waals surface area (Å²) in [5.41, 5.74) is 3.28. The van der Waals surface area contributed by atoms with Gasteiger partial charge >= 0.3 is 0 Å². The number of amides is 1. The van der Waals surface area contributed by atoms with Crippen molar-refractivity contribution in [1.29, 1.82) is 0 Å². The third-order valence-corrected chi connectivity index (χ3v) is 5.92. The van der Waals surface area contributed by atoms with Gasteiger partial charge in [-0.2, -0.15) is 0 Å².